The highest BCUT2D eigenvalue weighted by Gasteiger charge is 2.05. The number of hydrogen-bond acceptors (Lipinski definition) is 5. The van der Waals surface area contributed by atoms with Crippen LogP contribution >= 0.6 is 24.0 Å². The number of thiocarbonyl (C=S) groups is 1. The maximum absolute atomic E-state index is 5.47. The molecule has 1 heterocycles. The summed E-state index contributed by atoms with van der Waals surface area (Å²) in [6.07, 6.45) is 3.43. The van der Waals surface area contributed by atoms with Crippen molar-refractivity contribution in [1.82, 2.24) is 5.43 Å². The van der Waals surface area contributed by atoms with Crippen LogP contribution in [0.5, 0.6) is 5.75 Å². The minimum absolute atomic E-state index is 0.435. The van der Waals surface area contributed by atoms with Crippen molar-refractivity contribution >= 4 is 41.0 Å². The predicted octanol–water partition coefficient (Wildman–Crippen LogP) is 5.04. The largest absolute Gasteiger partial charge is 0.496 e. The van der Waals surface area contributed by atoms with E-state index in [1.54, 1.807) is 31.3 Å². The van der Waals surface area contributed by atoms with Crippen molar-refractivity contribution in [3.63, 3.8) is 0 Å². The minimum Gasteiger partial charge on any atom is -0.496 e. The molecule has 0 fully saturated rings. The lowest BCUT2D eigenvalue weighted by atomic mass is 10.1. The number of nitrogens with zero attached hydrogens (tertiary/aromatic N) is 1. The summed E-state index contributed by atoms with van der Waals surface area (Å²) in [5, 5.41) is 7.72. The molecule has 5 nitrogen and oxygen atoms in total. The lowest BCUT2D eigenvalue weighted by Gasteiger charge is -2.09. The number of para-hydroxylation sites is 1. The predicted molar refractivity (Wildman–Crippen MR) is 120 cm³/mol. The molecule has 144 valence electrons. The second-order valence-electron chi connectivity index (χ2n) is 5.83. The molecule has 0 aliphatic heterocycles. The fraction of sp³-hybridized carbons (Fsp3) is 0.143. The Labute approximate surface area is 174 Å². The van der Waals surface area contributed by atoms with Crippen LogP contribution in [0.15, 0.2) is 76.4 Å². The van der Waals surface area contributed by atoms with Crippen LogP contribution in [0.3, 0.4) is 0 Å². The van der Waals surface area contributed by atoms with Gasteiger partial charge in [0.25, 0.3) is 0 Å². The third kappa shape index (κ3) is 6.14. The van der Waals surface area contributed by atoms with Crippen molar-refractivity contribution in [2.75, 3.05) is 12.4 Å². The summed E-state index contributed by atoms with van der Waals surface area (Å²) in [6, 6.07) is 19.6. The number of thioether (sulfide) groups is 1. The summed E-state index contributed by atoms with van der Waals surface area (Å²) in [6.45, 7) is 0. The molecule has 3 aromatic rings. The normalized spacial score (nSPS) is 10.8. The molecule has 0 saturated heterocycles. The first-order chi connectivity index (χ1) is 13.7. The first kappa shape index (κ1) is 20.0. The highest BCUT2D eigenvalue weighted by atomic mass is 32.2. The molecule has 0 spiro atoms. The van der Waals surface area contributed by atoms with E-state index in [0.29, 0.717) is 5.11 Å². The van der Waals surface area contributed by atoms with Crippen LogP contribution in [0, 0.1) is 0 Å². The molecule has 0 amide bonds. The third-order valence-electron chi connectivity index (χ3n) is 3.80. The number of hydrogen-bond donors (Lipinski definition) is 2. The lowest BCUT2D eigenvalue weighted by molar-refractivity contribution is 0.411. The minimum atomic E-state index is 0.435. The quantitative estimate of drug-likeness (QED) is 0.308. The molecule has 0 aliphatic rings. The summed E-state index contributed by atoms with van der Waals surface area (Å²) < 4.78 is 10.8. The summed E-state index contributed by atoms with van der Waals surface area (Å²) in [5.74, 6) is 3.45. The van der Waals surface area contributed by atoms with Crippen LogP contribution in [0.2, 0.25) is 0 Å². The number of nitrogens with one attached hydrogen (secondary N) is 2. The molecule has 0 unspecified atom stereocenters. The van der Waals surface area contributed by atoms with Gasteiger partial charge in [-0.1, -0.05) is 18.2 Å². The van der Waals surface area contributed by atoms with Crippen LogP contribution in [0.4, 0.5) is 5.69 Å². The number of hydrazone groups is 1. The molecular weight excluding hydrogens is 390 g/mol. The van der Waals surface area contributed by atoms with Gasteiger partial charge in [0.2, 0.25) is 0 Å². The average Bonchev–Trinajstić information content (AvgIpc) is 3.22. The van der Waals surface area contributed by atoms with E-state index in [0.717, 1.165) is 39.8 Å². The first-order valence-electron chi connectivity index (χ1n) is 8.67. The highest BCUT2D eigenvalue weighted by molar-refractivity contribution is 7.97. The zero-order valence-corrected chi connectivity index (χ0v) is 17.1. The smallest absolute Gasteiger partial charge is 0.191 e. The first-order valence-corrected chi connectivity index (χ1v) is 10.2. The molecule has 0 atom stereocenters. The van der Waals surface area contributed by atoms with Crippen molar-refractivity contribution in [1.29, 1.82) is 0 Å². The van der Waals surface area contributed by atoms with Gasteiger partial charge in [-0.3, -0.25) is 5.43 Å². The summed E-state index contributed by atoms with van der Waals surface area (Å²) >= 11 is 7.01. The Hall–Kier alpha value is -2.77. The Morgan fingerprint density at radius 2 is 2.00 bits per heavy atom. The molecule has 0 aliphatic carbocycles. The third-order valence-corrected chi connectivity index (χ3v) is 4.99. The van der Waals surface area contributed by atoms with Crippen molar-refractivity contribution in [2.24, 2.45) is 5.10 Å². The number of furan rings is 1. The highest BCUT2D eigenvalue weighted by Crippen LogP contribution is 2.26. The van der Waals surface area contributed by atoms with Gasteiger partial charge in [0.15, 0.2) is 5.11 Å². The van der Waals surface area contributed by atoms with E-state index in [-0.39, 0.29) is 0 Å². The van der Waals surface area contributed by atoms with Gasteiger partial charge in [0.05, 0.1) is 25.3 Å². The topological polar surface area (TPSA) is 58.8 Å². The molecule has 0 saturated carbocycles. The molecule has 1 aromatic heterocycles. The van der Waals surface area contributed by atoms with Crippen LogP contribution in [0.1, 0.15) is 16.9 Å². The lowest BCUT2D eigenvalue weighted by Crippen LogP contribution is -2.23. The monoisotopic (exact) mass is 411 g/mol. The van der Waals surface area contributed by atoms with Crippen molar-refractivity contribution in [2.45, 2.75) is 11.5 Å². The second-order valence-corrected chi connectivity index (χ2v) is 7.23. The fourth-order valence-corrected chi connectivity index (χ4v) is 3.58. The summed E-state index contributed by atoms with van der Waals surface area (Å²) in [7, 11) is 1.68. The SMILES string of the molecule is COc1ccc(/C=N\NC(=S)Nc2ccccc2)cc1CSCc1ccco1. The molecule has 0 radical (unpaired) electrons. The number of methoxy groups -OCH3 is 1. The van der Waals surface area contributed by atoms with E-state index < -0.39 is 0 Å². The maximum Gasteiger partial charge on any atom is 0.191 e. The zero-order valence-electron chi connectivity index (χ0n) is 15.4. The van der Waals surface area contributed by atoms with Crippen LogP contribution in [-0.2, 0) is 11.5 Å². The standard InChI is InChI=1S/C21H21N3O2S2/c1-25-20-10-9-16(12-17(20)14-28-15-19-8-5-11-26-19)13-22-24-21(27)23-18-6-3-2-4-7-18/h2-13H,14-15H2,1H3,(H2,23,24,27)/b22-13-. The Balaban J connectivity index is 1.55. The van der Waals surface area contributed by atoms with Gasteiger partial charge in [0.1, 0.15) is 11.5 Å². The van der Waals surface area contributed by atoms with Gasteiger partial charge < -0.3 is 14.5 Å². The zero-order chi connectivity index (χ0) is 19.6. The van der Waals surface area contributed by atoms with Gasteiger partial charge in [0, 0.05) is 17.0 Å². The molecule has 2 aromatic carbocycles. The molecule has 28 heavy (non-hydrogen) atoms. The Bertz CT molecular complexity index is 913. The van der Waals surface area contributed by atoms with Crippen LogP contribution in [-0.4, -0.2) is 18.4 Å². The number of rotatable bonds is 8. The Kier molecular flexibility index (Phi) is 7.52. The second kappa shape index (κ2) is 10.5. The van der Waals surface area contributed by atoms with E-state index in [4.69, 9.17) is 21.4 Å². The maximum atomic E-state index is 5.47. The van der Waals surface area contributed by atoms with E-state index in [1.165, 1.54) is 0 Å². The number of ether oxygens (including phenoxy) is 1. The van der Waals surface area contributed by atoms with Gasteiger partial charge in [-0.05, 0) is 60.2 Å². The average molecular weight is 412 g/mol. The number of benzene rings is 2. The molecular formula is C21H21N3O2S2. The summed E-state index contributed by atoms with van der Waals surface area (Å²) in [4.78, 5) is 0. The summed E-state index contributed by atoms with van der Waals surface area (Å²) in [5.41, 5.74) is 5.81. The Morgan fingerprint density at radius 3 is 2.75 bits per heavy atom. The van der Waals surface area contributed by atoms with Gasteiger partial charge >= 0.3 is 0 Å². The van der Waals surface area contributed by atoms with E-state index >= 15 is 0 Å². The van der Waals surface area contributed by atoms with Gasteiger partial charge in [-0.25, -0.2) is 0 Å². The molecule has 3 rings (SSSR count). The van der Waals surface area contributed by atoms with Crippen LogP contribution < -0.4 is 15.5 Å². The molecule has 0 bridgehead atoms. The van der Waals surface area contributed by atoms with Crippen molar-refractivity contribution in [3.8, 4) is 5.75 Å². The van der Waals surface area contributed by atoms with Crippen molar-refractivity contribution < 1.29 is 9.15 Å². The number of anilines is 1. The van der Waals surface area contributed by atoms with Gasteiger partial charge in [-0.15, -0.1) is 11.8 Å². The molecule has 2 N–H and O–H groups in total. The van der Waals surface area contributed by atoms with E-state index in [9.17, 15) is 0 Å². The molecule has 7 heteroatoms. The van der Waals surface area contributed by atoms with E-state index in [2.05, 4.69) is 21.9 Å². The fourth-order valence-electron chi connectivity index (χ4n) is 2.49. The van der Waals surface area contributed by atoms with Gasteiger partial charge in [-0.2, -0.15) is 5.10 Å². The van der Waals surface area contributed by atoms with Crippen molar-refractivity contribution in [3.05, 3.63) is 83.8 Å². The van der Waals surface area contributed by atoms with E-state index in [1.807, 2.05) is 54.6 Å². The van der Waals surface area contributed by atoms with Crippen LogP contribution in [0.25, 0.3) is 0 Å². The Morgan fingerprint density at radius 1 is 1.14 bits per heavy atom.